The first kappa shape index (κ1) is 20.4. The summed E-state index contributed by atoms with van der Waals surface area (Å²) in [6, 6.07) is 12.7. The van der Waals surface area contributed by atoms with Crippen molar-refractivity contribution in [1.82, 2.24) is 10.2 Å². The largest absolute Gasteiger partial charge is 0.489 e. The Bertz CT molecular complexity index is 1210. The lowest BCUT2D eigenvalue weighted by atomic mass is 9.83. The van der Waals surface area contributed by atoms with E-state index in [0.717, 1.165) is 11.3 Å². The number of allylic oxidation sites excluding steroid dienone is 1. The number of H-pyrrole nitrogens is 1. The maximum absolute atomic E-state index is 9.77. The second-order valence-electron chi connectivity index (χ2n) is 6.71. The summed E-state index contributed by atoms with van der Waals surface area (Å²) in [5.74, 6) is 0.325. The van der Waals surface area contributed by atoms with Crippen molar-refractivity contribution in [2.45, 2.75) is 19.4 Å². The van der Waals surface area contributed by atoms with Crippen LogP contribution in [-0.2, 0) is 6.61 Å². The lowest BCUT2D eigenvalue weighted by Crippen LogP contribution is -2.21. The van der Waals surface area contributed by atoms with E-state index in [-0.39, 0.29) is 18.1 Å². The minimum absolute atomic E-state index is 0.00286. The molecule has 4 rings (SSSR count). The molecule has 1 aliphatic heterocycles. The van der Waals surface area contributed by atoms with E-state index in [9.17, 15) is 5.26 Å². The Balaban J connectivity index is 1.77. The van der Waals surface area contributed by atoms with Crippen molar-refractivity contribution >= 4 is 34.8 Å². The number of ether oxygens (including phenoxy) is 2. The van der Waals surface area contributed by atoms with E-state index < -0.39 is 5.92 Å². The van der Waals surface area contributed by atoms with Crippen LogP contribution in [0.5, 0.6) is 11.6 Å². The Morgan fingerprint density at radius 2 is 2.00 bits per heavy atom. The van der Waals surface area contributed by atoms with E-state index in [1.807, 2.05) is 13.0 Å². The van der Waals surface area contributed by atoms with Gasteiger partial charge in [-0.2, -0.15) is 5.26 Å². The van der Waals surface area contributed by atoms with Crippen LogP contribution in [0.25, 0.3) is 0 Å². The molecule has 1 aromatic heterocycles. The van der Waals surface area contributed by atoms with Crippen LogP contribution in [0.3, 0.4) is 0 Å². The van der Waals surface area contributed by atoms with Gasteiger partial charge in [-0.05, 0) is 42.8 Å². The first-order valence-electron chi connectivity index (χ1n) is 8.87. The smallest absolute Gasteiger partial charge is 0.244 e. The SMILES string of the molecule is Cc1[nH]nc2c1C(c1cc(Cl)ccc1OCc1ccc(Cl)c(Cl)c1)C(C#N)=C(N)O2. The van der Waals surface area contributed by atoms with E-state index in [0.29, 0.717) is 37.8 Å². The third kappa shape index (κ3) is 3.68. The molecule has 2 heterocycles. The van der Waals surface area contributed by atoms with Crippen LogP contribution in [0.15, 0.2) is 47.9 Å². The highest BCUT2D eigenvalue weighted by molar-refractivity contribution is 6.42. The summed E-state index contributed by atoms with van der Waals surface area (Å²) < 4.78 is 11.6. The van der Waals surface area contributed by atoms with Gasteiger partial charge in [0.05, 0.1) is 16.0 Å². The molecule has 0 saturated heterocycles. The van der Waals surface area contributed by atoms with Crippen LogP contribution in [0, 0.1) is 18.3 Å². The van der Waals surface area contributed by atoms with Gasteiger partial charge >= 0.3 is 0 Å². The molecule has 30 heavy (non-hydrogen) atoms. The number of aryl methyl sites for hydroxylation is 1. The maximum Gasteiger partial charge on any atom is 0.244 e. The number of nitrogens with two attached hydrogens (primary N) is 1. The summed E-state index contributed by atoms with van der Waals surface area (Å²) in [5.41, 5.74) is 9.25. The van der Waals surface area contributed by atoms with Crippen LogP contribution in [0.1, 0.15) is 28.3 Å². The van der Waals surface area contributed by atoms with E-state index in [1.165, 1.54) is 0 Å². The first-order valence-corrected chi connectivity index (χ1v) is 10.0. The highest BCUT2D eigenvalue weighted by Gasteiger charge is 2.36. The van der Waals surface area contributed by atoms with Crippen LogP contribution >= 0.6 is 34.8 Å². The fourth-order valence-electron chi connectivity index (χ4n) is 3.38. The zero-order valence-corrected chi connectivity index (χ0v) is 17.9. The first-order chi connectivity index (χ1) is 14.4. The maximum atomic E-state index is 9.77. The second kappa shape index (κ2) is 8.11. The summed E-state index contributed by atoms with van der Waals surface area (Å²) in [6.45, 7) is 2.09. The van der Waals surface area contributed by atoms with Gasteiger partial charge in [-0.1, -0.05) is 40.9 Å². The normalized spacial score (nSPS) is 15.4. The van der Waals surface area contributed by atoms with Crippen molar-refractivity contribution in [2.75, 3.05) is 0 Å². The van der Waals surface area contributed by atoms with Crippen molar-refractivity contribution in [3.8, 4) is 17.7 Å². The van der Waals surface area contributed by atoms with Crippen molar-refractivity contribution in [3.05, 3.63) is 85.3 Å². The number of aromatic nitrogens is 2. The Hall–Kier alpha value is -2.85. The number of rotatable bonds is 4. The zero-order chi connectivity index (χ0) is 21.4. The highest BCUT2D eigenvalue weighted by Crippen LogP contribution is 2.46. The summed E-state index contributed by atoms with van der Waals surface area (Å²) in [7, 11) is 0. The molecule has 0 aliphatic carbocycles. The van der Waals surface area contributed by atoms with Gasteiger partial charge in [-0.25, -0.2) is 0 Å². The molecule has 1 unspecified atom stereocenters. The number of aromatic amines is 1. The quantitative estimate of drug-likeness (QED) is 0.536. The van der Waals surface area contributed by atoms with Crippen molar-refractivity contribution in [1.29, 1.82) is 5.26 Å². The van der Waals surface area contributed by atoms with Gasteiger partial charge in [0.25, 0.3) is 0 Å². The van der Waals surface area contributed by atoms with Gasteiger partial charge < -0.3 is 15.2 Å². The molecule has 9 heteroatoms. The molecule has 0 radical (unpaired) electrons. The topological polar surface area (TPSA) is 97.0 Å². The van der Waals surface area contributed by atoms with E-state index >= 15 is 0 Å². The van der Waals surface area contributed by atoms with E-state index in [1.54, 1.807) is 30.3 Å². The predicted octanol–water partition coefficient (Wildman–Crippen LogP) is 5.48. The molecule has 152 valence electrons. The monoisotopic (exact) mass is 460 g/mol. The molecule has 0 amide bonds. The van der Waals surface area contributed by atoms with Crippen LogP contribution in [0.4, 0.5) is 0 Å². The average molecular weight is 462 g/mol. The number of halogens is 3. The van der Waals surface area contributed by atoms with Crippen molar-refractivity contribution in [2.24, 2.45) is 5.73 Å². The van der Waals surface area contributed by atoms with Crippen molar-refractivity contribution < 1.29 is 9.47 Å². The van der Waals surface area contributed by atoms with Gasteiger partial charge in [0.2, 0.25) is 11.8 Å². The Morgan fingerprint density at radius 3 is 2.73 bits per heavy atom. The van der Waals surface area contributed by atoms with Gasteiger partial charge in [0.1, 0.15) is 24.0 Å². The molecule has 0 fully saturated rings. The van der Waals surface area contributed by atoms with Gasteiger partial charge in [0.15, 0.2) is 0 Å². The number of fused-ring (bicyclic) bond motifs is 1. The van der Waals surface area contributed by atoms with Crippen molar-refractivity contribution in [3.63, 3.8) is 0 Å². The van der Waals surface area contributed by atoms with Gasteiger partial charge in [-0.15, -0.1) is 5.10 Å². The Labute approximate surface area is 187 Å². The molecule has 3 N–H and O–H groups in total. The van der Waals surface area contributed by atoms with Gasteiger partial charge in [-0.3, -0.25) is 5.10 Å². The third-order valence-electron chi connectivity index (χ3n) is 4.79. The standard InChI is InChI=1S/C21H15Cl3N4O2/c1-10-18-19(14(8-25)20(26)30-21(18)28-27-10)13-7-12(22)3-5-17(13)29-9-11-2-4-15(23)16(24)6-11/h2-7,19H,9,26H2,1H3,(H,27,28). The van der Waals surface area contributed by atoms with Crippen LogP contribution < -0.4 is 15.2 Å². The lowest BCUT2D eigenvalue weighted by molar-refractivity contribution is 0.301. The third-order valence-corrected chi connectivity index (χ3v) is 5.76. The number of hydrogen-bond acceptors (Lipinski definition) is 5. The van der Waals surface area contributed by atoms with E-state index in [4.69, 9.17) is 50.0 Å². The molecular formula is C21H15Cl3N4O2. The minimum atomic E-state index is -0.542. The molecule has 6 nitrogen and oxygen atoms in total. The fraction of sp³-hybridized carbons (Fsp3) is 0.143. The average Bonchev–Trinajstić information content (AvgIpc) is 3.08. The molecular weight excluding hydrogens is 447 g/mol. The minimum Gasteiger partial charge on any atom is -0.489 e. The molecule has 1 aliphatic rings. The van der Waals surface area contributed by atoms with Crippen LogP contribution in [-0.4, -0.2) is 10.2 Å². The zero-order valence-electron chi connectivity index (χ0n) is 15.7. The summed E-state index contributed by atoms with van der Waals surface area (Å²) in [6.07, 6.45) is 0. The van der Waals surface area contributed by atoms with E-state index in [2.05, 4.69) is 16.3 Å². The number of nitrogens with zero attached hydrogens (tertiary/aromatic N) is 2. The Morgan fingerprint density at radius 1 is 1.20 bits per heavy atom. The second-order valence-corrected chi connectivity index (χ2v) is 7.96. The number of benzene rings is 2. The fourth-order valence-corrected chi connectivity index (χ4v) is 3.88. The number of hydrogen-bond donors (Lipinski definition) is 2. The Kier molecular flexibility index (Phi) is 5.52. The summed E-state index contributed by atoms with van der Waals surface area (Å²) in [5, 5.41) is 18.2. The summed E-state index contributed by atoms with van der Waals surface area (Å²) in [4.78, 5) is 0. The number of nitrogens with one attached hydrogen (secondary N) is 1. The van der Waals surface area contributed by atoms with Gasteiger partial charge in [0, 0.05) is 21.8 Å². The molecule has 3 aromatic rings. The molecule has 0 bridgehead atoms. The molecule has 0 saturated carbocycles. The lowest BCUT2D eigenvalue weighted by Gasteiger charge is -2.25. The number of nitriles is 1. The molecule has 1 atom stereocenters. The summed E-state index contributed by atoms with van der Waals surface area (Å²) >= 11 is 18.4. The molecule has 0 spiro atoms. The molecule has 2 aromatic carbocycles. The highest BCUT2D eigenvalue weighted by atomic mass is 35.5. The van der Waals surface area contributed by atoms with Crippen LogP contribution in [0.2, 0.25) is 15.1 Å². The predicted molar refractivity (Wildman–Crippen MR) is 115 cm³/mol.